The second kappa shape index (κ2) is 4.50. The molecule has 2 aromatic heterocycles. The summed E-state index contributed by atoms with van der Waals surface area (Å²) in [5, 5.41) is 13.0. The number of benzene rings is 1. The third kappa shape index (κ3) is 1.93. The molecule has 0 saturated carbocycles. The Kier molecular flexibility index (Phi) is 2.70. The molecule has 0 spiro atoms. The zero-order valence-corrected chi connectivity index (χ0v) is 10.0. The Balaban J connectivity index is 1.96. The summed E-state index contributed by atoms with van der Waals surface area (Å²) in [7, 11) is 0. The Morgan fingerprint density at radius 3 is 2.67 bits per heavy atom. The highest BCUT2D eigenvalue weighted by Crippen LogP contribution is 2.19. The van der Waals surface area contributed by atoms with Crippen LogP contribution in [0.1, 0.15) is 9.67 Å². The standard InChI is InChI=1S/C12H8N4OS/c17-8-10-6-7-11(18-10)16-14-12(13-15-16)9-4-2-1-3-5-9/h1-8H. The molecule has 6 heteroatoms. The Bertz CT molecular complexity index is 674. The van der Waals surface area contributed by atoms with E-state index in [2.05, 4.69) is 15.4 Å². The quantitative estimate of drug-likeness (QED) is 0.674. The van der Waals surface area contributed by atoms with Gasteiger partial charge in [-0.25, -0.2) is 0 Å². The van der Waals surface area contributed by atoms with E-state index in [0.717, 1.165) is 16.9 Å². The molecule has 0 bridgehead atoms. The maximum atomic E-state index is 10.6. The second-order valence-corrected chi connectivity index (χ2v) is 4.66. The Morgan fingerprint density at radius 1 is 1.11 bits per heavy atom. The van der Waals surface area contributed by atoms with Crippen LogP contribution in [-0.4, -0.2) is 26.5 Å². The third-order valence-corrected chi connectivity index (χ3v) is 3.35. The molecule has 0 fully saturated rings. The van der Waals surface area contributed by atoms with Crippen LogP contribution in [0.4, 0.5) is 0 Å². The van der Waals surface area contributed by atoms with Crippen LogP contribution < -0.4 is 0 Å². The van der Waals surface area contributed by atoms with Gasteiger partial charge in [-0.3, -0.25) is 4.79 Å². The van der Waals surface area contributed by atoms with Gasteiger partial charge in [-0.15, -0.1) is 26.3 Å². The number of thiophene rings is 1. The smallest absolute Gasteiger partial charge is 0.205 e. The molecule has 5 nitrogen and oxygen atoms in total. The molecule has 3 aromatic rings. The molecule has 0 radical (unpaired) electrons. The summed E-state index contributed by atoms with van der Waals surface area (Å²) in [4.78, 5) is 12.7. The minimum absolute atomic E-state index is 0.566. The van der Waals surface area contributed by atoms with E-state index >= 15 is 0 Å². The predicted molar refractivity (Wildman–Crippen MR) is 67.9 cm³/mol. The molecule has 0 atom stereocenters. The molecule has 18 heavy (non-hydrogen) atoms. The fraction of sp³-hybridized carbons (Fsp3) is 0. The minimum Gasteiger partial charge on any atom is -0.297 e. The van der Waals surface area contributed by atoms with Gasteiger partial charge in [-0.2, -0.15) is 0 Å². The van der Waals surface area contributed by atoms with Crippen LogP contribution in [0.25, 0.3) is 16.4 Å². The van der Waals surface area contributed by atoms with Gasteiger partial charge in [0.25, 0.3) is 0 Å². The molecular weight excluding hydrogens is 248 g/mol. The molecule has 2 heterocycles. The van der Waals surface area contributed by atoms with Crippen LogP contribution in [0, 0.1) is 0 Å². The van der Waals surface area contributed by atoms with E-state index in [4.69, 9.17) is 0 Å². The van der Waals surface area contributed by atoms with Crippen LogP contribution in [0.3, 0.4) is 0 Å². The van der Waals surface area contributed by atoms with Crippen LogP contribution >= 0.6 is 11.3 Å². The SMILES string of the molecule is O=Cc1ccc(-n2nnc(-c3ccccc3)n2)s1. The molecule has 0 saturated heterocycles. The molecule has 0 N–H and O–H groups in total. The number of hydrogen-bond donors (Lipinski definition) is 0. The first-order chi connectivity index (χ1) is 8.86. The van der Waals surface area contributed by atoms with Crippen LogP contribution in [0.2, 0.25) is 0 Å². The molecule has 0 unspecified atom stereocenters. The molecule has 0 aliphatic carbocycles. The number of nitrogens with zero attached hydrogens (tertiary/aromatic N) is 4. The first kappa shape index (κ1) is 10.8. The van der Waals surface area contributed by atoms with Crippen LogP contribution in [0.5, 0.6) is 0 Å². The van der Waals surface area contributed by atoms with Crippen molar-refractivity contribution in [2.75, 3.05) is 0 Å². The minimum atomic E-state index is 0.566. The Hall–Kier alpha value is -2.34. The highest BCUT2D eigenvalue weighted by Gasteiger charge is 2.08. The average molecular weight is 256 g/mol. The van der Waals surface area contributed by atoms with Gasteiger partial charge in [0, 0.05) is 5.56 Å². The number of tetrazole rings is 1. The Morgan fingerprint density at radius 2 is 1.94 bits per heavy atom. The molecular formula is C12H8N4OS. The highest BCUT2D eigenvalue weighted by atomic mass is 32.1. The van der Waals surface area contributed by atoms with Crippen molar-refractivity contribution in [2.45, 2.75) is 0 Å². The summed E-state index contributed by atoms with van der Waals surface area (Å²) >= 11 is 1.32. The van der Waals surface area contributed by atoms with Gasteiger partial charge in [0.15, 0.2) is 6.29 Å². The van der Waals surface area contributed by atoms with Crippen molar-refractivity contribution in [1.82, 2.24) is 20.2 Å². The monoisotopic (exact) mass is 256 g/mol. The van der Waals surface area contributed by atoms with Crippen molar-refractivity contribution in [1.29, 1.82) is 0 Å². The lowest BCUT2D eigenvalue weighted by atomic mass is 10.2. The Labute approximate surface area is 107 Å². The number of carbonyl (C=O) groups excluding carboxylic acids is 1. The van der Waals surface area contributed by atoms with Gasteiger partial charge in [0.2, 0.25) is 5.82 Å². The van der Waals surface area contributed by atoms with E-state index in [1.54, 1.807) is 12.1 Å². The predicted octanol–water partition coefficient (Wildman–Crippen LogP) is 2.20. The van der Waals surface area contributed by atoms with E-state index in [1.807, 2.05) is 30.3 Å². The fourth-order valence-electron chi connectivity index (χ4n) is 1.52. The van der Waals surface area contributed by atoms with Crippen molar-refractivity contribution in [2.24, 2.45) is 0 Å². The number of rotatable bonds is 3. The third-order valence-electron chi connectivity index (χ3n) is 2.37. The molecule has 0 amide bonds. The zero-order valence-electron chi connectivity index (χ0n) is 9.22. The lowest BCUT2D eigenvalue weighted by Crippen LogP contribution is -1.95. The lowest BCUT2D eigenvalue weighted by Gasteiger charge is -1.92. The van der Waals surface area contributed by atoms with Crippen molar-refractivity contribution in [3.63, 3.8) is 0 Å². The van der Waals surface area contributed by atoms with E-state index in [1.165, 1.54) is 16.1 Å². The molecule has 3 rings (SSSR count). The summed E-state index contributed by atoms with van der Waals surface area (Å²) in [6, 6.07) is 13.2. The van der Waals surface area contributed by atoms with E-state index in [0.29, 0.717) is 10.7 Å². The van der Waals surface area contributed by atoms with Crippen LogP contribution in [0.15, 0.2) is 42.5 Å². The summed E-state index contributed by atoms with van der Waals surface area (Å²) in [6.45, 7) is 0. The van der Waals surface area contributed by atoms with Gasteiger partial charge in [0.05, 0.1) is 4.88 Å². The second-order valence-electron chi connectivity index (χ2n) is 3.56. The zero-order chi connectivity index (χ0) is 12.4. The molecule has 88 valence electrons. The van der Waals surface area contributed by atoms with Gasteiger partial charge < -0.3 is 0 Å². The molecule has 0 aliphatic heterocycles. The maximum Gasteiger partial charge on any atom is 0.205 e. The number of aldehydes is 1. The lowest BCUT2D eigenvalue weighted by molar-refractivity contribution is 0.112. The topological polar surface area (TPSA) is 60.7 Å². The highest BCUT2D eigenvalue weighted by molar-refractivity contribution is 7.16. The number of hydrogen-bond acceptors (Lipinski definition) is 5. The van der Waals surface area contributed by atoms with Crippen molar-refractivity contribution < 1.29 is 4.79 Å². The summed E-state index contributed by atoms with van der Waals surface area (Å²) in [6.07, 6.45) is 0.809. The van der Waals surface area contributed by atoms with Crippen molar-refractivity contribution in [3.8, 4) is 16.4 Å². The average Bonchev–Trinajstić information content (AvgIpc) is 3.08. The molecule has 0 aliphatic rings. The maximum absolute atomic E-state index is 10.6. The largest absolute Gasteiger partial charge is 0.297 e. The first-order valence-electron chi connectivity index (χ1n) is 5.27. The van der Waals surface area contributed by atoms with E-state index in [9.17, 15) is 4.79 Å². The van der Waals surface area contributed by atoms with E-state index in [-0.39, 0.29) is 0 Å². The van der Waals surface area contributed by atoms with Gasteiger partial charge in [-0.1, -0.05) is 30.3 Å². The normalized spacial score (nSPS) is 10.4. The van der Waals surface area contributed by atoms with Gasteiger partial charge >= 0.3 is 0 Å². The van der Waals surface area contributed by atoms with Crippen molar-refractivity contribution >= 4 is 17.6 Å². The fourth-order valence-corrected chi connectivity index (χ4v) is 2.24. The summed E-state index contributed by atoms with van der Waals surface area (Å²) in [5.41, 5.74) is 0.913. The van der Waals surface area contributed by atoms with E-state index < -0.39 is 0 Å². The molecule has 1 aromatic carbocycles. The van der Waals surface area contributed by atoms with Gasteiger partial charge in [0.1, 0.15) is 5.00 Å². The summed E-state index contributed by atoms with van der Waals surface area (Å²) < 4.78 is 0. The van der Waals surface area contributed by atoms with Gasteiger partial charge in [-0.05, 0) is 17.3 Å². The number of aromatic nitrogens is 4. The van der Waals surface area contributed by atoms with Crippen molar-refractivity contribution in [3.05, 3.63) is 47.3 Å². The number of carbonyl (C=O) groups is 1. The first-order valence-corrected chi connectivity index (χ1v) is 6.09. The van der Waals surface area contributed by atoms with Crippen LogP contribution in [-0.2, 0) is 0 Å². The summed E-state index contributed by atoms with van der Waals surface area (Å²) in [5.74, 6) is 0.566.